The number of sulfonamides is 1. The summed E-state index contributed by atoms with van der Waals surface area (Å²) in [6.07, 6.45) is 2.24. The second-order valence-corrected chi connectivity index (χ2v) is 7.82. The summed E-state index contributed by atoms with van der Waals surface area (Å²) in [5, 5.41) is 0. The largest absolute Gasteiger partial charge is 0.496 e. The van der Waals surface area contributed by atoms with Crippen molar-refractivity contribution in [3.05, 3.63) is 40.7 Å². The van der Waals surface area contributed by atoms with Gasteiger partial charge in [-0.25, -0.2) is 18.4 Å². The van der Waals surface area contributed by atoms with E-state index in [0.29, 0.717) is 24.4 Å². The van der Waals surface area contributed by atoms with Crippen LogP contribution in [0.4, 0.5) is 5.95 Å². The van der Waals surface area contributed by atoms with Crippen molar-refractivity contribution in [2.24, 2.45) is 0 Å². The van der Waals surface area contributed by atoms with Gasteiger partial charge in [-0.2, -0.15) is 4.31 Å². The Kier molecular flexibility index (Phi) is 4.18. The van der Waals surface area contributed by atoms with Crippen LogP contribution in [-0.4, -0.2) is 36.3 Å². The molecule has 0 atom stereocenters. The lowest BCUT2D eigenvalue weighted by atomic mass is 10.1. The van der Waals surface area contributed by atoms with Crippen LogP contribution >= 0.6 is 0 Å². The predicted molar refractivity (Wildman–Crippen MR) is 90.2 cm³/mol. The number of benzene rings is 1. The van der Waals surface area contributed by atoms with Crippen molar-refractivity contribution in [3.63, 3.8) is 0 Å². The number of nitrogens with two attached hydrogens (primary N) is 1. The normalized spacial score (nSPS) is 15.1. The van der Waals surface area contributed by atoms with Crippen LogP contribution in [0.25, 0.3) is 0 Å². The third kappa shape index (κ3) is 2.83. The average molecular weight is 348 g/mol. The molecule has 1 aromatic carbocycles. The van der Waals surface area contributed by atoms with Crippen LogP contribution in [0.15, 0.2) is 23.2 Å². The third-order valence-electron chi connectivity index (χ3n) is 4.21. The lowest BCUT2D eigenvalue weighted by Crippen LogP contribution is -2.36. The van der Waals surface area contributed by atoms with E-state index in [4.69, 9.17) is 10.5 Å². The molecule has 3 rings (SSSR count). The minimum Gasteiger partial charge on any atom is -0.496 e. The molecule has 0 saturated carbocycles. The Morgan fingerprint density at radius 1 is 1.25 bits per heavy atom. The predicted octanol–water partition coefficient (Wildman–Crippen LogP) is 1.43. The Labute approximate surface area is 141 Å². The molecule has 8 heteroatoms. The van der Waals surface area contributed by atoms with E-state index in [1.54, 1.807) is 25.4 Å². The first-order chi connectivity index (χ1) is 11.3. The molecular weight excluding hydrogens is 328 g/mol. The van der Waals surface area contributed by atoms with Crippen molar-refractivity contribution >= 4 is 16.0 Å². The zero-order valence-corrected chi connectivity index (χ0v) is 14.7. The Balaban J connectivity index is 1.97. The quantitative estimate of drug-likeness (QED) is 0.901. The lowest BCUT2D eigenvalue weighted by Gasteiger charge is -2.27. The number of hydrogen-bond acceptors (Lipinski definition) is 6. The molecule has 0 radical (unpaired) electrons. The first-order valence-electron chi connectivity index (χ1n) is 7.58. The molecule has 0 aliphatic carbocycles. The van der Waals surface area contributed by atoms with Gasteiger partial charge in [-0.1, -0.05) is 0 Å². The topological polar surface area (TPSA) is 98.4 Å². The number of methoxy groups -OCH3 is 1. The Hall–Kier alpha value is -2.19. The van der Waals surface area contributed by atoms with Gasteiger partial charge < -0.3 is 10.5 Å². The molecule has 2 aromatic rings. The number of aromatic nitrogens is 2. The summed E-state index contributed by atoms with van der Waals surface area (Å²) in [5.74, 6) is 0.864. The number of rotatable bonds is 3. The van der Waals surface area contributed by atoms with E-state index in [-0.39, 0.29) is 17.4 Å². The minimum absolute atomic E-state index is 0.157. The van der Waals surface area contributed by atoms with Gasteiger partial charge in [0.25, 0.3) is 0 Å². The number of hydrogen-bond donors (Lipinski definition) is 1. The van der Waals surface area contributed by atoms with E-state index in [0.717, 1.165) is 16.7 Å². The zero-order valence-electron chi connectivity index (χ0n) is 13.9. The van der Waals surface area contributed by atoms with Crippen molar-refractivity contribution < 1.29 is 13.2 Å². The third-order valence-corrected chi connectivity index (χ3v) is 6.03. The van der Waals surface area contributed by atoms with Crippen LogP contribution in [0.1, 0.15) is 22.4 Å². The van der Waals surface area contributed by atoms with Gasteiger partial charge in [-0.05, 0) is 49.1 Å². The Morgan fingerprint density at radius 2 is 1.92 bits per heavy atom. The van der Waals surface area contributed by atoms with Gasteiger partial charge in [-0.15, -0.1) is 0 Å². The second-order valence-electron chi connectivity index (χ2n) is 5.88. The fourth-order valence-corrected chi connectivity index (χ4v) is 4.60. The molecule has 128 valence electrons. The summed E-state index contributed by atoms with van der Waals surface area (Å²) >= 11 is 0. The number of nitrogen functional groups attached to an aromatic ring is 1. The van der Waals surface area contributed by atoms with Gasteiger partial charge in [0.15, 0.2) is 0 Å². The second kappa shape index (κ2) is 6.03. The molecule has 2 heterocycles. The molecule has 0 bridgehead atoms. The highest BCUT2D eigenvalue weighted by Crippen LogP contribution is 2.30. The molecule has 24 heavy (non-hydrogen) atoms. The van der Waals surface area contributed by atoms with Crippen molar-refractivity contribution in [2.75, 3.05) is 19.4 Å². The lowest BCUT2D eigenvalue weighted by molar-refractivity contribution is 0.384. The molecule has 0 spiro atoms. The number of aryl methyl sites for hydroxylation is 2. The number of anilines is 1. The monoisotopic (exact) mass is 348 g/mol. The SMILES string of the molecule is COc1c(C)cc(S(=O)(=O)N2CCc3cnc(N)nc3C2)cc1C. The number of ether oxygens (including phenoxy) is 1. The molecule has 0 fully saturated rings. The van der Waals surface area contributed by atoms with Crippen LogP contribution in [0.5, 0.6) is 5.75 Å². The van der Waals surface area contributed by atoms with E-state index < -0.39 is 10.0 Å². The maximum Gasteiger partial charge on any atom is 0.243 e. The van der Waals surface area contributed by atoms with E-state index in [1.165, 1.54) is 4.31 Å². The van der Waals surface area contributed by atoms with Crippen LogP contribution < -0.4 is 10.5 Å². The first-order valence-corrected chi connectivity index (χ1v) is 9.02. The van der Waals surface area contributed by atoms with Gasteiger partial charge in [0.05, 0.1) is 24.2 Å². The Bertz CT molecular complexity index is 873. The van der Waals surface area contributed by atoms with Gasteiger partial charge in [0.2, 0.25) is 16.0 Å². The van der Waals surface area contributed by atoms with Gasteiger partial charge in [0, 0.05) is 12.7 Å². The summed E-state index contributed by atoms with van der Waals surface area (Å²) in [5.41, 5.74) is 8.81. The van der Waals surface area contributed by atoms with Gasteiger partial charge in [0.1, 0.15) is 5.75 Å². The minimum atomic E-state index is -3.61. The van der Waals surface area contributed by atoms with Crippen LogP contribution in [0, 0.1) is 13.8 Å². The summed E-state index contributed by atoms with van der Waals surface area (Å²) in [6, 6.07) is 3.29. The average Bonchev–Trinajstić information content (AvgIpc) is 2.53. The molecule has 0 saturated heterocycles. The van der Waals surface area contributed by atoms with E-state index >= 15 is 0 Å². The molecular formula is C16H20N4O3S. The fourth-order valence-electron chi connectivity index (χ4n) is 3.03. The number of nitrogens with zero attached hydrogens (tertiary/aromatic N) is 3. The molecule has 7 nitrogen and oxygen atoms in total. The molecule has 2 N–H and O–H groups in total. The maximum absolute atomic E-state index is 13.0. The van der Waals surface area contributed by atoms with Crippen LogP contribution in [0.2, 0.25) is 0 Å². The highest BCUT2D eigenvalue weighted by Gasteiger charge is 2.30. The summed E-state index contributed by atoms with van der Waals surface area (Å²) in [6.45, 7) is 4.27. The first kappa shape index (κ1) is 16.7. The van der Waals surface area contributed by atoms with Crippen LogP contribution in [0.3, 0.4) is 0 Å². The summed E-state index contributed by atoms with van der Waals surface area (Å²) < 4.78 is 32.7. The standard InChI is InChI=1S/C16H20N4O3S/c1-10-6-13(7-11(2)15(10)23-3)24(21,22)20-5-4-12-8-18-16(17)19-14(12)9-20/h6-8H,4-5,9H2,1-3H3,(H2,17,18,19). The highest BCUT2D eigenvalue weighted by molar-refractivity contribution is 7.89. The van der Waals surface area contributed by atoms with E-state index in [9.17, 15) is 8.42 Å². The smallest absolute Gasteiger partial charge is 0.243 e. The van der Waals surface area contributed by atoms with Crippen molar-refractivity contribution in [2.45, 2.75) is 31.7 Å². The molecule has 0 unspecified atom stereocenters. The number of fused-ring (bicyclic) bond motifs is 1. The van der Waals surface area contributed by atoms with Crippen molar-refractivity contribution in [1.29, 1.82) is 0 Å². The Morgan fingerprint density at radius 3 is 2.54 bits per heavy atom. The van der Waals surface area contributed by atoms with E-state index in [1.807, 2.05) is 13.8 Å². The zero-order chi connectivity index (χ0) is 17.5. The molecule has 0 amide bonds. The van der Waals surface area contributed by atoms with Crippen molar-refractivity contribution in [1.82, 2.24) is 14.3 Å². The summed E-state index contributed by atoms with van der Waals surface area (Å²) in [4.78, 5) is 8.41. The molecule has 1 aliphatic rings. The van der Waals surface area contributed by atoms with Gasteiger partial charge in [-0.3, -0.25) is 0 Å². The van der Waals surface area contributed by atoms with Crippen molar-refractivity contribution in [3.8, 4) is 5.75 Å². The molecule has 1 aliphatic heterocycles. The van der Waals surface area contributed by atoms with Gasteiger partial charge >= 0.3 is 0 Å². The molecule has 1 aromatic heterocycles. The fraction of sp³-hybridized carbons (Fsp3) is 0.375. The maximum atomic E-state index is 13.0. The van der Waals surface area contributed by atoms with E-state index in [2.05, 4.69) is 9.97 Å². The summed E-state index contributed by atoms with van der Waals surface area (Å²) in [7, 11) is -2.03. The van der Waals surface area contributed by atoms with Crippen LogP contribution in [-0.2, 0) is 23.0 Å². The highest BCUT2D eigenvalue weighted by atomic mass is 32.2.